The molecule has 4 rings (SSSR count). The Balaban J connectivity index is 1.69. The van der Waals surface area contributed by atoms with E-state index in [9.17, 15) is 14.4 Å². The molecule has 1 aliphatic heterocycles. The van der Waals surface area contributed by atoms with Crippen molar-refractivity contribution in [3.05, 3.63) is 69.7 Å². The van der Waals surface area contributed by atoms with Crippen LogP contribution in [-0.4, -0.2) is 41.9 Å². The summed E-state index contributed by atoms with van der Waals surface area (Å²) in [4.78, 5) is 39.7. The second-order valence-corrected chi connectivity index (χ2v) is 9.15. The van der Waals surface area contributed by atoms with Gasteiger partial charge in [0.05, 0.1) is 22.7 Å². The monoisotopic (exact) mass is 497 g/mol. The zero-order valence-electron chi connectivity index (χ0n) is 18.8. The number of thioether (sulfide) groups is 1. The van der Waals surface area contributed by atoms with E-state index in [0.29, 0.717) is 28.8 Å². The fourth-order valence-corrected chi connectivity index (χ4v) is 4.87. The number of methoxy groups -OCH3 is 1. The summed E-state index contributed by atoms with van der Waals surface area (Å²) in [5, 5.41) is 3.92. The van der Waals surface area contributed by atoms with E-state index < -0.39 is 0 Å². The summed E-state index contributed by atoms with van der Waals surface area (Å²) in [5.41, 5.74) is 3.28. The third kappa shape index (κ3) is 4.89. The molecular formula is C25H24ClN3O4S. The molecule has 0 atom stereocenters. The van der Waals surface area contributed by atoms with Crippen molar-refractivity contribution >= 4 is 63.1 Å². The van der Waals surface area contributed by atoms with Gasteiger partial charge in [-0.2, -0.15) is 0 Å². The molecule has 1 aliphatic rings. The fourth-order valence-electron chi connectivity index (χ4n) is 3.92. The summed E-state index contributed by atoms with van der Waals surface area (Å²) in [6, 6.07) is 12.5. The van der Waals surface area contributed by atoms with E-state index in [1.165, 1.54) is 0 Å². The Bertz CT molecular complexity index is 1280. The third-order valence-electron chi connectivity index (χ3n) is 5.50. The van der Waals surface area contributed by atoms with Gasteiger partial charge in [-0.25, -0.2) is 4.90 Å². The van der Waals surface area contributed by atoms with Gasteiger partial charge in [-0.3, -0.25) is 14.4 Å². The number of para-hydroxylation sites is 1. The van der Waals surface area contributed by atoms with Crippen molar-refractivity contribution in [2.45, 2.75) is 19.9 Å². The first-order valence-corrected chi connectivity index (χ1v) is 12.0. The van der Waals surface area contributed by atoms with Crippen LogP contribution in [-0.2, 0) is 27.3 Å². The van der Waals surface area contributed by atoms with Crippen LogP contribution in [0.2, 0.25) is 5.02 Å². The van der Waals surface area contributed by atoms with Gasteiger partial charge in [-0.15, -0.1) is 0 Å². The van der Waals surface area contributed by atoms with E-state index in [4.69, 9.17) is 16.3 Å². The summed E-state index contributed by atoms with van der Waals surface area (Å²) < 4.78 is 6.89. The number of carbonyl (C=O) groups is 3. The van der Waals surface area contributed by atoms with Crippen LogP contribution in [0, 0.1) is 0 Å². The predicted octanol–water partition coefficient (Wildman–Crippen LogP) is 4.86. The average Bonchev–Trinajstić information content (AvgIpc) is 3.31. The Hall–Kier alpha value is -3.07. The molecule has 1 aromatic heterocycles. The fraction of sp³-hybridized carbons (Fsp3) is 0.240. The lowest BCUT2D eigenvalue weighted by Crippen LogP contribution is -2.30. The first-order chi connectivity index (χ1) is 16.4. The van der Waals surface area contributed by atoms with Crippen molar-refractivity contribution in [1.82, 2.24) is 9.88 Å². The molecule has 0 saturated carbocycles. The summed E-state index contributed by atoms with van der Waals surface area (Å²) in [6.45, 7) is 3.06. The number of nitrogens with zero attached hydrogens (tertiary/aromatic N) is 2. The predicted molar refractivity (Wildman–Crippen MR) is 136 cm³/mol. The lowest BCUT2D eigenvalue weighted by atomic mass is 10.1. The number of imide groups is 1. The molecule has 0 bridgehead atoms. The van der Waals surface area contributed by atoms with Gasteiger partial charge in [0.15, 0.2) is 0 Å². The highest BCUT2D eigenvalue weighted by atomic mass is 35.5. The van der Waals surface area contributed by atoms with Crippen LogP contribution in [0.15, 0.2) is 53.6 Å². The van der Waals surface area contributed by atoms with Crippen molar-refractivity contribution in [3.63, 3.8) is 0 Å². The van der Waals surface area contributed by atoms with E-state index in [1.807, 2.05) is 29.0 Å². The van der Waals surface area contributed by atoms with Crippen molar-refractivity contribution < 1.29 is 19.1 Å². The van der Waals surface area contributed by atoms with Gasteiger partial charge in [-0.1, -0.05) is 36.7 Å². The second kappa shape index (κ2) is 10.5. The van der Waals surface area contributed by atoms with Crippen LogP contribution >= 0.6 is 23.4 Å². The highest BCUT2D eigenvalue weighted by Crippen LogP contribution is 2.37. The van der Waals surface area contributed by atoms with Crippen molar-refractivity contribution in [2.75, 3.05) is 25.2 Å². The molecule has 0 radical (unpaired) electrons. The largest absolute Gasteiger partial charge is 0.383 e. The van der Waals surface area contributed by atoms with Crippen molar-refractivity contribution in [2.24, 2.45) is 0 Å². The number of fused-ring (bicyclic) bond motifs is 1. The van der Waals surface area contributed by atoms with Gasteiger partial charge >= 0.3 is 0 Å². The molecule has 1 saturated heterocycles. The number of amides is 3. The number of aryl methyl sites for hydroxylation is 1. The van der Waals surface area contributed by atoms with E-state index >= 15 is 0 Å². The Morgan fingerprint density at radius 1 is 1.18 bits per heavy atom. The Morgan fingerprint density at radius 3 is 2.65 bits per heavy atom. The number of hydrogen-bond donors (Lipinski definition) is 1. The molecule has 0 aliphatic carbocycles. The standard InChI is InChI=1S/C25H24ClN3O4S/c1-3-16-5-4-6-20-17(14-28(23(16)20)15-22(30)27-11-12-33-2)13-21-24(31)29(25(32)34-21)19-9-7-18(26)8-10-19/h4-10,13-14H,3,11-12,15H2,1-2H3,(H,27,30)/b21-13-. The van der Waals surface area contributed by atoms with Gasteiger partial charge < -0.3 is 14.6 Å². The smallest absolute Gasteiger partial charge is 0.298 e. The summed E-state index contributed by atoms with van der Waals surface area (Å²) >= 11 is 6.83. The maximum atomic E-state index is 13.1. The van der Waals surface area contributed by atoms with Gasteiger partial charge in [0.1, 0.15) is 6.54 Å². The lowest BCUT2D eigenvalue weighted by Gasteiger charge is -2.12. The van der Waals surface area contributed by atoms with E-state index in [0.717, 1.165) is 45.1 Å². The van der Waals surface area contributed by atoms with Crippen LogP contribution in [0.3, 0.4) is 0 Å². The number of halogens is 1. The molecule has 0 spiro atoms. The molecule has 34 heavy (non-hydrogen) atoms. The maximum absolute atomic E-state index is 13.1. The minimum atomic E-state index is -0.387. The number of nitrogens with one attached hydrogen (secondary N) is 1. The van der Waals surface area contributed by atoms with Gasteiger partial charge in [0.2, 0.25) is 5.91 Å². The molecule has 176 valence electrons. The lowest BCUT2D eigenvalue weighted by molar-refractivity contribution is -0.121. The maximum Gasteiger partial charge on any atom is 0.298 e. The SMILES string of the molecule is CCc1cccc2c(/C=C3\SC(=O)N(c4ccc(Cl)cc4)C3=O)cn(CC(=O)NCCOC)c12. The normalized spacial score (nSPS) is 15.0. The van der Waals surface area contributed by atoms with E-state index in [2.05, 4.69) is 12.2 Å². The summed E-state index contributed by atoms with van der Waals surface area (Å²) in [5.74, 6) is -0.517. The molecule has 9 heteroatoms. The molecule has 2 heterocycles. The number of benzene rings is 2. The van der Waals surface area contributed by atoms with Gasteiger partial charge in [0.25, 0.3) is 11.1 Å². The van der Waals surface area contributed by atoms with Crippen LogP contribution in [0.25, 0.3) is 17.0 Å². The van der Waals surface area contributed by atoms with Crippen molar-refractivity contribution in [3.8, 4) is 0 Å². The molecular weight excluding hydrogens is 474 g/mol. The molecule has 2 aromatic carbocycles. The molecule has 1 fully saturated rings. The number of aromatic nitrogens is 1. The zero-order valence-corrected chi connectivity index (χ0v) is 20.4. The average molecular weight is 498 g/mol. The molecule has 7 nitrogen and oxygen atoms in total. The molecule has 3 amide bonds. The molecule has 3 aromatic rings. The first kappa shape index (κ1) is 24.1. The molecule has 0 unspecified atom stereocenters. The van der Waals surface area contributed by atoms with Gasteiger partial charge in [-0.05, 0) is 54.1 Å². The van der Waals surface area contributed by atoms with Crippen LogP contribution in [0.5, 0.6) is 0 Å². The van der Waals surface area contributed by atoms with Crippen LogP contribution < -0.4 is 10.2 Å². The number of carbonyl (C=O) groups excluding carboxylic acids is 3. The van der Waals surface area contributed by atoms with E-state index in [-0.39, 0.29) is 23.6 Å². The first-order valence-electron chi connectivity index (χ1n) is 10.8. The Kier molecular flexibility index (Phi) is 7.41. The highest BCUT2D eigenvalue weighted by Gasteiger charge is 2.36. The summed E-state index contributed by atoms with van der Waals surface area (Å²) in [7, 11) is 1.58. The Morgan fingerprint density at radius 2 is 1.94 bits per heavy atom. The highest BCUT2D eigenvalue weighted by molar-refractivity contribution is 8.19. The number of anilines is 1. The minimum absolute atomic E-state index is 0.130. The van der Waals surface area contributed by atoms with Crippen LogP contribution in [0.4, 0.5) is 10.5 Å². The quantitative estimate of drug-likeness (QED) is 0.355. The topological polar surface area (TPSA) is 80.6 Å². The summed E-state index contributed by atoms with van der Waals surface area (Å²) in [6.07, 6.45) is 4.37. The number of ether oxygens (including phenoxy) is 1. The second-order valence-electron chi connectivity index (χ2n) is 7.72. The number of hydrogen-bond acceptors (Lipinski definition) is 5. The third-order valence-corrected chi connectivity index (χ3v) is 6.62. The van der Waals surface area contributed by atoms with Crippen LogP contribution in [0.1, 0.15) is 18.1 Å². The minimum Gasteiger partial charge on any atom is -0.383 e. The molecule has 1 N–H and O–H groups in total. The van der Waals surface area contributed by atoms with Crippen molar-refractivity contribution in [1.29, 1.82) is 0 Å². The number of rotatable bonds is 8. The van der Waals surface area contributed by atoms with Gasteiger partial charge in [0, 0.05) is 35.8 Å². The Labute approximate surface area is 206 Å². The zero-order chi connectivity index (χ0) is 24.2. The van der Waals surface area contributed by atoms with E-state index in [1.54, 1.807) is 37.5 Å².